The Morgan fingerprint density at radius 2 is 1.66 bits per heavy atom. The van der Waals surface area contributed by atoms with Crippen molar-refractivity contribution in [3.63, 3.8) is 0 Å². The minimum atomic E-state index is -0.0116. The van der Waals surface area contributed by atoms with Crippen molar-refractivity contribution < 1.29 is 4.74 Å². The molecular weight excluding hydrogens is 368 g/mol. The van der Waals surface area contributed by atoms with Crippen molar-refractivity contribution in [2.24, 2.45) is 22.2 Å². The summed E-state index contributed by atoms with van der Waals surface area (Å²) in [5.74, 6) is 1.25. The molecule has 0 aliphatic heterocycles. The quantitative estimate of drug-likeness (QED) is 0.140. The molecule has 9 nitrogen and oxygen atoms in total. The predicted molar refractivity (Wildman–Crippen MR) is 119 cm³/mol. The van der Waals surface area contributed by atoms with Gasteiger partial charge in [-0.25, -0.2) is 4.98 Å². The molecule has 0 fully saturated rings. The molecule has 0 saturated heterocycles. The number of nitrogens with zero attached hydrogens (tertiary/aromatic N) is 2. The van der Waals surface area contributed by atoms with Crippen molar-refractivity contribution in [1.82, 2.24) is 10.3 Å². The topological polar surface area (TPSA) is 172 Å². The number of amidine groups is 2. The summed E-state index contributed by atoms with van der Waals surface area (Å²) in [6, 6.07) is 3.40. The summed E-state index contributed by atoms with van der Waals surface area (Å²) in [5, 5.41) is 17.6. The van der Waals surface area contributed by atoms with E-state index in [2.05, 4.69) is 15.3 Å². The van der Waals surface area contributed by atoms with Gasteiger partial charge >= 0.3 is 0 Å². The molecule has 1 aromatic heterocycles. The molecule has 0 aromatic carbocycles. The largest absolute Gasteiger partial charge is 0.478 e. The molecule has 1 aromatic rings. The fraction of sp³-hybridized carbons (Fsp3) is 0.600. The number of hydrogen-bond acceptors (Lipinski definition) is 5. The SMILES string of the molecule is N=C(N)CCCCCCCCCNC(N)=NCCCOc1ccc(C(=N)N)cn1. The maximum Gasteiger partial charge on any atom is 0.213 e. The number of nitrogens with two attached hydrogens (primary N) is 3. The summed E-state index contributed by atoms with van der Waals surface area (Å²) in [4.78, 5) is 8.38. The first-order valence-electron chi connectivity index (χ1n) is 10.3. The van der Waals surface area contributed by atoms with E-state index < -0.39 is 0 Å². The zero-order valence-corrected chi connectivity index (χ0v) is 17.3. The minimum absolute atomic E-state index is 0.0116. The summed E-state index contributed by atoms with van der Waals surface area (Å²) in [7, 11) is 0. The van der Waals surface area contributed by atoms with Crippen molar-refractivity contribution in [1.29, 1.82) is 10.8 Å². The highest BCUT2D eigenvalue weighted by atomic mass is 16.5. The molecule has 0 atom stereocenters. The van der Waals surface area contributed by atoms with E-state index in [1.807, 2.05) is 0 Å². The fourth-order valence-electron chi connectivity index (χ4n) is 2.66. The van der Waals surface area contributed by atoms with Crippen molar-refractivity contribution in [2.75, 3.05) is 19.7 Å². The van der Waals surface area contributed by atoms with E-state index in [0.717, 1.165) is 38.6 Å². The summed E-state index contributed by atoms with van der Waals surface area (Å²) in [5.41, 5.74) is 17.1. The van der Waals surface area contributed by atoms with Gasteiger partial charge in [0, 0.05) is 43.8 Å². The maximum atomic E-state index is 7.32. The Balaban J connectivity index is 1.96. The van der Waals surface area contributed by atoms with E-state index in [9.17, 15) is 0 Å². The van der Waals surface area contributed by atoms with Crippen LogP contribution in [0.5, 0.6) is 5.88 Å². The number of ether oxygens (including phenoxy) is 1. The fourth-order valence-corrected chi connectivity index (χ4v) is 2.66. The molecule has 1 rings (SSSR count). The number of pyridine rings is 1. The highest BCUT2D eigenvalue weighted by Crippen LogP contribution is 2.08. The molecule has 0 aliphatic rings. The lowest BCUT2D eigenvalue weighted by atomic mass is 10.1. The Labute approximate surface area is 173 Å². The number of aliphatic imine (C=N–C) groups is 1. The molecule has 9 N–H and O–H groups in total. The molecular formula is C20H36N8O. The predicted octanol–water partition coefficient (Wildman–Crippen LogP) is 2.10. The van der Waals surface area contributed by atoms with Gasteiger partial charge in [0.2, 0.25) is 5.88 Å². The smallest absolute Gasteiger partial charge is 0.213 e. The number of aromatic nitrogens is 1. The Morgan fingerprint density at radius 3 is 2.28 bits per heavy atom. The summed E-state index contributed by atoms with van der Waals surface area (Å²) >= 11 is 0. The van der Waals surface area contributed by atoms with Crippen molar-refractivity contribution >= 4 is 17.6 Å². The van der Waals surface area contributed by atoms with Crippen LogP contribution in [0.2, 0.25) is 0 Å². The van der Waals surface area contributed by atoms with E-state index in [4.69, 9.17) is 32.8 Å². The highest BCUT2D eigenvalue weighted by Gasteiger charge is 1.99. The number of rotatable bonds is 16. The third-order valence-corrected chi connectivity index (χ3v) is 4.31. The van der Waals surface area contributed by atoms with Crippen molar-refractivity contribution in [3.8, 4) is 5.88 Å². The van der Waals surface area contributed by atoms with Crippen LogP contribution in [0, 0.1) is 10.8 Å². The lowest BCUT2D eigenvalue weighted by Gasteiger charge is -2.07. The average molecular weight is 405 g/mol. The van der Waals surface area contributed by atoms with Crippen LogP contribution in [0.1, 0.15) is 63.4 Å². The van der Waals surface area contributed by atoms with Crippen LogP contribution in [0.3, 0.4) is 0 Å². The summed E-state index contributed by atoms with van der Waals surface area (Å²) in [6.07, 6.45) is 11.1. The van der Waals surface area contributed by atoms with Crippen LogP contribution in [-0.4, -0.2) is 42.3 Å². The Kier molecular flexibility index (Phi) is 12.6. The first-order valence-corrected chi connectivity index (χ1v) is 10.3. The third-order valence-electron chi connectivity index (χ3n) is 4.31. The van der Waals surface area contributed by atoms with E-state index >= 15 is 0 Å². The Hall–Kier alpha value is -2.84. The van der Waals surface area contributed by atoms with Crippen LogP contribution in [-0.2, 0) is 0 Å². The molecule has 29 heavy (non-hydrogen) atoms. The number of unbranched alkanes of at least 4 members (excludes halogenated alkanes) is 6. The monoisotopic (exact) mass is 404 g/mol. The van der Waals surface area contributed by atoms with Gasteiger partial charge in [-0.1, -0.05) is 32.1 Å². The van der Waals surface area contributed by atoms with Gasteiger partial charge in [0.25, 0.3) is 0 Å². The van der Waals surface area contributed by atoms with Crippen molar-refractivity contribution in [3.05, 3.63) is 23.9 Å². The Bertz CT molecular complexity index is 630. The van der Waals surface area contributed by atoms with Crippen LogP contribution in [0.15, 0.2) is 23.3 Å². The Morgan fingerprint density at radius 1 is 0.966 bits per heavy atom. The first kappa shape index (κ1) is 24.2. The molecule has 9 heteroatoms. The second-order valence-corrected chi connectivity index (χ2v) is 6.94. The highest BCUT2D eigenvalue weighted by molar-refractivity contribution is 5.94. The normalized spacial score (nSPS) is 11.2. The second kappa shape index (κ2) is 15.1. The van der Waals surface area contributed by atoms with Crippen LogP contribution >= 0.6 is 0 Å². The minimum Gasteiger partial charge on any atom is -0.478 e. The van der Waals surface area contributed by atoms with Gasteiger partial charge in [-0.05, 0) is 18.9 Å². The number of nitrogen functional groups attached to an aromatic ring is 1. The molecule has 1 heterocycles. The molecule has 0 amide bonds. The van der Waals surface area contributed by atoms with E-state index in [-0.39, 0.29) is 5.84 Å². The molecule has 0 bridgehead atoms. The molecule has 0 radical (unpaired) electrons. The number of hydrogen-bond donors (Lipinski definition) is 6. The summed E-state index contributed by atoms with van der Waals surface area (Å²) in [6.45, 7) is 1.92. The van der Waals surface area contributed by atoms with Crippen molar-refractivity contribution in [2.45, 2.75) is 57.8 Å². The van der Waals surface area contributed by atoms with Crippen LogP contribution in [0.25, 0.3) is 0 Å². The van der Waals surface area contributed by atoms with Gasteiger partial charge in [-0.15, -0.1) is 0 Å². The molecule has 0 aliphatic carbocycles. The standard InChI is InChI=1S/C20H36N8O/c21-17(22)9-6-4-2-1-3-5-7-12-26-20(25)27-13-8-14-29-18-11-10-16(15-28-18)19(23)24/h10-11,15H,1-9,12-14H2,(H3,21,22)(H3,23,24)(H3,25,26,27). The molecule has 0 saturated carbocycles. The molecule has 162 valence electrons. The molecule has 0 unspecified atom stereocenters. The lowest BCUT2D eigenvalue weighted by Crippen LogP contribution is -2.32. The van der Waals surface area contributed by atoms with Gasteiger partial charge in [-0.2, -0.15) is 0 Å². The van der Waals surface area contributed by atoms with Crippen LogP contribution in [0.4, 0.5) is 0 Å². The van der Waals surface area contributed by atoms with Gasteiger partial charge < -0.3 is 27.3 Å². The first-order chi connectivity index (χ1) is 14.0. The van der Waals surface area contributed by atoms with Gasteiger partial charge in [0.1, 0.15) is 5.84 Å². The zero-order valence-electron chi connectivity index (χ0n) is 17.3. The number of nitrogens with one attached hydrogen (secondary N) is 3. The average Bonchev–Trinajstić information content (AvgIpc) is 2.69. The number of guanidine groups is 1. The summed E-state index contributed by atoms with van der Waals surface area (Å²) < 4.78 is 5.53. The van der Waals surface area contributed by atoms with Crippen LogP contribution < -0.4 is 27.3 Å². The van der Waals surface area contributed by atoms with Gasteiger partial charge in [-0.3, -0.25) is 15.8 Å². The lowest BCUT2D eigenvalue weighted by molar-refractivity contribution is 0.301. The van der Waals surface area contributed by atoms with Gasteiger partial charge in [0.15, 0.2) is 5.96 Å². The van der Waals surface area contributed by atoms with Gasteiger partial charge in [0.05, 0.1) is 12.4 Å². The van der Waals surface area contributed by atoms with E-state index in [0.29, 0.717) is 36.4 Å². The zero-order chi connectivity index (χ0) is 21.3. The van der Waals surface area contributed by atoms with E-state index in [1.165, 1.54) is 31.9 Å². The van der Waals surface area contributed by atoms with E-state index in [1.54, 1.807) is 12.1 Å². The molecule has 0 spiro atoms. The maximum absolute atomic E-state index is 7.32. The second-order valence-electron chi connectivity index (χ2n) is 6.94. The third kappa shape index (κ3) is 13.0.